The highest BCUT2D eigenvalue weighted by Crippen LogP contribution is 2.28. The molecule has 26 heavy (non-hydrogen) atoms. The van der Waals surface area contributed by atoms with E-state index in [1.54, 1.807) is 7.11 Å². The first-order valence-electron chi connectivity index (χ1n) is 8.63. The molecule has 2 aromatic rings. The lowest BCUT2D eigenvalue weighted by Crippen LogP contribution is -2.32. The second-order valence-electron chi connectivity index (χ2n) is 5.78. The van der Waals surface area contributed by atoms with Crippen LogP contribution < -0.4 is 14.8 Å². The summed E-state index contributed by atoms with van der Waals surface area (Å²) in [7, 11) is 1.63. The lowest BCUT2D eigenvalue weighted by atomic mass is 10.2. The number of carbonyl (C=O) groups excluding carboxylic acids is 1. The molecule has 0 unspecified atom stereocenters. The van der Waals surface area contributed by atoms with Crippen LogP contribution in [0.3, 0.4) is 0 Å². The molecule has 1 amide bonds. The van der Waals surface area contributed by atoms with Crippen LogP contribution >= 0.6 is 15.9 Å². The molecule has 140 valence electrons. The Labute approximate surface area is 163 Å². The Morgan fingerprint density at radius 2 is 1.85 bits per heavy atom. The molecule has 6 heteroatoms. The van der Waals surface area contributed by atoms with Crippen molar-refractivity contribution in [2.45, 2.75) is 20.4 Å². The van der Waals surface area contributed by atoms with Crippen molar-refractivity contribution < 1.29 is 14.3 Å². The lowest BCUT2D eigenvalue weighted by molar-refractivity contribution is -0.117. The first kappa shape index (κ1) is 20.3. The smallest absolute Gasteiger partial charge is 0.238 e. The molecule has 0 saturated carbocycles. The van der Waals surface area contributed by atoms with Crippen LogP contribution in [0.5, 0.6) is 11.5 Å². The number of hydrogen-bond acceptors (Lipinski definition) is 4. The van der Waals surface area contributed by atoms with E-state index in [0.29, 0.717) is 25.4 Å². The number of carbonyl (C=O) groups is 1. The molecule has 1 N–H and O–H groups in total. The maximum absolute atomic E-state index is 12.3. The van der Waals surface area contributed by atoms with Crippen LogP contribution in [0.1, 0.15) is 19.4 Å². The van der Waals surface area contributed by atoms with Gasteiger partial charge in [0.05, 0.1) is 20.3 Å². The molecule has 0 saturated heterocycles. The number of methoxy groups -OCH3 is 1. The quantitative estimate of drug-likeness (QED) is 0.656. The van der Waals surface area contributed by atoms with Gasteiger partial charge in [0.2, 0.25) is 5.91 Å². The van der Waals surface area contributed by atoms with Crippen LogP contribution in [-0.4, -0.2) is 37.6 Å². The van der Waals surface area contributed by atoms with E-state index < -0.39 is 0 Å². The Hall–Kier alpha value is -2.05. The number of ether oxygens (including phenoxy) is 2. The molecule has 2 rings (SSSR count). The predicted octanol–water partition coefficient (Wildman–Crippen LogP) is 4.32. The first-order chi connectivity index (χ1) is 12.5. The van der Waals surface area contributed by atoms with Gasteiger partial charge in [0.1, 0.15) is 0 Å². The molecule has 0 aromatic heterocycles. The summed E-state index contributed by atoms with van der Waals surface area (Å²) in [5.41, 5.74) is 1.86. The lowest BCUT2D eigenvalue weighted by Gasteiger charge is -2.21. The third-order valence-corrected chi connectivity index (χ3v) is 4.41. The minimum absolute atomic E-state index is 0.0351. The van der Waals surface area contributed by atoms with Crippen molar-refractivity contribution in [3.63, 3.8) is 0 Å². The van der Waals surface area contributed by atoms with Crippen molar-refractivity contribution in [2.75, 3.05) is 32.1 Å². The molecular weight excluding hydrogens is 396 g/mol. The van der Waals surface area contributed by atoms with Gasteiger partial charge >= 0.3 is 0 Å². The number of nitrogens with zero attached hydrogens (tertiary/aromatic N) is 1. The van der Waals surface area contributed by atoms with Crippen LogP contribution in [0.25, 0.3) is 0 Å². The number of halogens is 1. The number of rotatable bonds is 9. The van der Waals surface area contributed by atoms with E-state index in [9.17, 15) is 4.79 Å². The zero-order valence-electron chi connectivity index (χ0n) is 15.4. The largest absolute Gasteiger partial charge is 0.493 e. The highest BCUT2D eigenvalue weighted by molar-refractivity contribution is 9.10. The van der Waals surface area contributed by atoms with Crippen molar-refractivity contribution in [1.29, 1.82) is 0 Å². The average molecular weight is 421 g/mol. The van der Waals surface area contributed by atoms with Crippen molar-refractivity contribution in [2.24, 2.45) is 0 Å². The summed E-state index contributed by atoms with van der Waals surface area (Å²) < 4.78 is 11.9. The Bertz CT molecular complexity index is 719. The highest BCUT2D eigenvalue weighted by atomic mass is 79.9. The Kier molecular flexibility index (Phi) is 7.94. The number of nitrogens with one attached hydrogen (secondary N) is 1. The Morgan fingerprint density at radius 1 is 1.12 bits per heavy atom. The average Bonchev–Trinajstić information content (AvgIpc) is 2.64. The van der Waals surface area contributed by atoms with Gasteiger partial charge in [0, 0.05) is 16.7 Å². The fourth-order valence-corrected chi connectivity index (χ4v) is 2.82. The van der Waals surface area contributed by atoms with Crippen molar-refractivity contribution in [1.82, 2.24) is 4.90 Å². The summed E-state index contributed by atoms with van der Waals surface area (Å²) in [6, 6.07) is 13.4. The summed E-state index contributed by atoms with van der Waals surface area (Å²) in [6.07, 6.45) is 0. The van der Waals surface area contributed by atoms with Gasteiger partial charge in [-0.2, -0.15) is 0 Å². The normalized spacial score (nSPS) is 10.7. The van der Waals surface area contributed by atoms with E-state index >= 15 is 0 Å². The number of hydrogen-bond donors (Lipinski definition) is 1. The fourth-order valence-electron chi connectivity index (χ4n) is 2.56. The summed E-state index contributed by atoms with van der Waals surface area (Å²) in [6.45, 7) is 6.32. The van der Waals surface area contributed by atoms with Crippen LogP contribution in [0.15, 0.2) is 46.9 Å². The molecular formula is C20H25BrN2O3. The second-order valence-corrected chi connectivity index (χ2v) is 6.69. The molecule has 0 aliphatic heterocycles. The summed E-state index contributed by atoms with van der Waals surface area (Å²) in [5, 5.41) is 2.92. The van der Waals surface area contributed by atoms with E-state index in [1.165, 1.54) is 0 Å². The minimum atomic E-state index is -0.0351. The molecule has 0 aliphatic rings. The van der Waals surface area contributed by atoms with Crippen molar-refractivity contribution >= 4 is 27.5 Å². The topological polar surface area (TPSA) is 50.8 Å². The number of anilines is 1. The molecule has 5 nitrogen and oxygen atoms in total. The summed E-state index contributed by atoms with van der Waals surface area (Å²) >= 11 is 3.39. The molecule has 0 heterocycles. The van der Waals surface area contributed by atoms with Crippen LogP contribution in [-0.2, 0) is 11.3 Å². The van der Waals surface area contributed by atoms with E-state index in [1.807, 2.05) is 56.3 Å². The van der Waals surface area contributed by atoms with E-state index in [0.717, 1.165) is 28.0 Å². The third-order valence-electron chi connectivity index (χ3n) is 3.88. The third kappa shape index (κ3) is 6.04. The van der Waals surface area contributed by atoms with Crippen LogP contribution in [0.2, 0.25) is 0 Å². The minimum Gasteiger partial charge on any atom is -0.493 e. The van der Waals surface area contributed by atoms with Gasteiger partial charge < -0.3 is 14.8 Å². The number of benzene rings is 2. The molecule has 0 bridgehead atoms. The van der Waals surface area contributed by atoms with Crippen LogP contribution in [0.4, 0.5) is 5.69 Å². The predicted molar refractivity (Wildman–Crippen MR) is 108 cm³/mol. The monoisotopic (exact) mass is 420 g/mol. The first-order valence-corrected chi connectivity index (χ1v) is 9.42. The standard InChI is InChI=1S/C20H25BrN2O3/c1-4-23(14-20(24)22-17-9-7-16(21)8-10-17)13-15-6-11-18(26-5-2)19(12-15)25-3/h6-12H,4-5,13-14H2,1-3H3,(H,22,24). The van der Waals surface area contributed by atoms with Gasteiger partial charge in [-0.25, -0.2) is 0 Å². The van der Waals surface area contributed by atoms with Gasteiger partial charge in [-0.15, -0.1) is 0 Å². The number of likely N-dealkylation sites (N-methyl/N-ethyl adjacent to an activating group) is 1. The Balaban J connectivity index is 1.97. The Morgan fingerprint density at radius 3 is 2.46 bits per heavy atom. The molecule has 2 aromatic carbocycles. The SMILES string of the molecule is CCOc1ccc(CN(CC)CC(=O)Nc2ccc(Br)cc2)cc1OC. The molecule has 0 aliphatic carbocycles. The zero-order chi connectivity index (χ0) is 18.9. The maximum atomic E-state index is 12.3. The van der Waals surface area contributed by atoms with Crippen molar-refractivity contribution in [3.8, 4) is 11.5 Å². The van der Waals surface area contributed by atoms with Gasteiger partial charge in [-0.3, -0.25) is 9.69 Å². The van der Waals surface area contributed by atoms with Crippen molar-refractivity contribution in [3.05, 3.63) is 52.5 Å². The highest BCUT2D eigenvalue weighted by Gasteiger charge is 2.12. The van der Waals surface area contributed by atoms with E-state index in [2.05, 4.69) is 26.1 Å². The van der Waals surface area contributed by atoms with Crippen LogP contribution in [0, 0.1) is 0 Å². The fraction of sp³-hybridized carbons (Fsp3) is 0.350. The number of amides is 1. The molecule has 0 radical (unpaired) electrons. The summed E-state index contributed by atoms with van der Waals surface area (Å²) in [5.74, 6) is 1.40. The van der Waals surface area contributed by atoms with Gasteiger partial charge in [0.25, 0.3) is 0 Å². The molecule has 0 spiro atoms. The molecule has 0 atom stereocenters. The zero-order valence-corrected chi connectivity index (χ0v) is 17.0. The summed E-state index contributed by atoms with van der Waals surface area (Å²) in [4.78, 5) is 14.4. The maximum Gasteiger partial charge on any atom is 0.238 e. The van der Waals surface area contributed by atoms with E-state index in [4.69, 9.17) is 9.47 Å². The van der Waals surface area contributed by atoms with Gasteiger partial charge in [0.15, 0.2) is 11.5 Å². The molecule has 0 fully saturated rings. The van der Waals surface area contributed by atoms with Gasteiger partial charge in [-0.1, -0.05) is 28.9 Å². The van der Waals surface area contributed by atoms with E-state index in [-0.39, 0.29) is 5.91 Å². The van der Waals surface area contributed by atoms with Gasteiger partial charge in [-0.05, 0) is 55.4 Å². The second kappa shape index (κ2) is 10.2.